The normalized spacial score (nSPS) is 13.3. The van der Waals surface area contributed by atoms with E-state index >= 15 is 0 Å². The van der Waals surface area contributed by atoms with E-state index in [1.54, 1.807) is 17.4 Å². The summed E-state index contributed by atoms with van der Waals surface area (Å²) in [6.07, 6.45) is -2.35. The highest BCUT2D eigenvalue weighted by Gasteiger charge is 2.30. The Balaban J connectivity index is 1.83. The Hall–Kier alpha value is -1.33. The third-order valence-electron chi connectivity index (χ3n) is 3.27. The molecule has 1 aromatic heterocycles. The lowest BCUT2D eigenvalue weighted by Crippen LogP contribution is -2.12. The van der Waals surface area contributed by atoms with E-state index in [1.165, 1.54) is 10.9 Å². The molecule has 1 nitrogen and oxygen atoms in total. The molecule has 21 heavy (non-hydrogen) atoms. The van der Waals surface area contributed by atoms with E-state index in [4.69, 9.17) is 0 Å². The molecule has 2 rings (SSSR count). The van der Waals surface area contributed by atoms with Gasteiger partial charge in [-0.15, -0.1) is 11.3 Å². The molecule has 1 unspecified atom stereocenters. The second-order valence-electron chi connectivity index (χ2n) is 5.03. The lowest BCUT2D eigenvalue weighted by atomic mass is 10.0. The predicted molar refractivity (Wildman–Crippen MR) is 78.4 cm³/mol. The first-order valence-electron chi connectivity index (χ1n) is 6.82. The summed E-state index contributed by atoms with van der Waals surface area (Å²) >= 11 is 1.68. The second-order valence-corrected chi connectivity index (χ2v) is 6.06. The summed E-state index contributed by atoms with van der Waals surface area (Å²) in [5.74, 6) is 0. The molecule has 0 aliphatic carbocycles. The van der Waals surface area contributed by atoms with Crippen LogP contribution >= 0.6 is 11.3 Å². The van der Waals surface area contributed by atoms with Gasteiger partial charge in [-0.2, -0.15) is 13.2 Å². The van der Waals surface area contributed by atoms with Crippen molar-refractivity contribution in [2.45, 2.75) is 38.0 Å². The largest absolute Gasteiger partial charge is 0.416 e. The Labute approximate surface area is 126 Å². The Morgan fingerprint density at radius 1 is 1.14 bits per heavy atom. The lowest BCUT2D eigenvalue weighted by Gasteiger charge is -2.12. The number of alkyl halides is 3. The highest BCUT2D eigenvalue weighted by molar-refractivity contribution is 7.09. The van der Waals surface area contributed by atoms with Gasteiger partial charge >= 0.3 is 6.18 Å². The maximum absolute atomic E-state index is 12.6. The molecule has 0 saturated heterocycles. The number of hydrogen-bond donors (Lipinski definition) is 1. The first kappa shape index (κ1) is 16.0. The number of aliphatic hydroxyl groups excluding tert-OH is 1. The van der Waals surface area contributed by atoms with Crippen molar-refractivity contribution in [1.82, 2.24) is 0 Å². The molecular weight excluding hydrogens is 297 g/mol. The van der Waals surface area contributed by atoms with E-state index in [-0.39, 0.29) is 6.42 Å². The summed E-state index contributed by atoms with van der Waals surface area (Å²) in [7, 11) is 0. The number of benzene rings is 1. The zero-order valence-electron chi connectivity index (χ0n) is 11.4. The number of hydrogen-bond acceptors (Lipinski definition) is 2. The van der Waals surface area contributed by atoms with Crippen molar-refractivity contribution in [2.24, 2.45) is 0 Å². The van der Waals surface area contributed by atoms with Crippen LogP contribution in [0, 0.1) is 0 Å². The van der Waals surface area contributed by atoms with Gasteiger partial charge in [0.1, 0.15) is 0 Å². The van der Waals surface area contributed by atoms with Gasteiger partial charge in [0.2, 0.25) is 0 Å². The van der Waals surface area contributed by atoms with Crippen LogP contribution in [-0.2, 0) is 19.0 Å². The zero-order chi connectivity index (χ0) is 15.3. The molecule has 0 aliphatic rings. The van der Waals surface area contributed by atoms with Crippen molar-refractivity contribution in [3.05, 3.63) is 57.8 Å². The van der Waals surface area contributed by atoms with E-state index in [1.807, 2.05) is 17.5 Å². The van der Waals surface area contributed by atoms with E-state index in [0.717, 1.165) is 25.0 Å². The summed E-state index contributed by atoms with van der Waals surface area (Å²) in [4.78, 5) is 1.27. The van der Waals surface area contributed by atoms with Crippen molar-refractivity contribution in [3.8, 4) is 0 Å². The van der Waals surface area contributed by atoms with Crippen LogP contribution in [0.2, 0.25) is 0 Å². The Bertz CT molecular complexity index is 549. The molecule has 114 valence electrons. The van der Waals surface area contributed by atoms with E-state index in [9.17, 15) is 18.3 Å². The lowest BCUT2D eigenvalue weighted by molar-refractivity contribution is -0.137. The van der Waals surface area contributed by atoms with E-state index in [2.05, 4.69) is 0 Å². The Kier molecular flexibility index (Phi) is 5.42. The van der Waals surface area contributed by atoms with Crippen molar-refractivity contribution in [2.75, 3.05) is 0 Å². The molecule has 0 radical (unpaired) electrons. The van der Waals surface area contributed by atoms with Gasteiger partial charge in [0.25, 0.3) is 0 Å². The predicted octanol–water partition coefficient (Wildman–Crippen LogP) is 4.69. The summed E-state index contributed by atoms with van der Waals surface area (Å²) < 4.78 is 37.8. The molecule has 2 aromatic rings. The van der Waals surface area contributed by atoms with Crippen LogP contribution in [0.3, 0.4) is 0 Å². The van der Waals surface area contributed by atoms with Crippen LogP contribution in [0.1, 0.15) is 28.8 Å². The molecule has 0 saturated carbocycles. The summed E-state index contributed by atoms with van der Waals surface area (Å²) in [6.45, 7) is 0. The molecule has 1 aromatic carbocycles. The first-order valence-corrected chi connectivity index (χ1v) is 7.69. The van der Waals surface area contributed by atoms with Gasteiger partial charge in [-0.3, -0.25) is 0 Å². The van der Waals surface area contributed by atoms with E-state index < -0.39 is 17.8 Å². The van der Waals surface area contributed by atoms with Crippen LogP contribution in [0.25, 0.3) is 0 Å². The minimum atomic E-state index is -4.33. The van der Waals surface area contributed by atoms with Crippen LogP contribution in [0.5, 0.6) is 0 Å². The number of aryl methyl sites for hydroxylation is 1. The molecule has 0 bridgehead atoms. The van der Waals surface area contributed by atoms with Crippen molar-refractivity contribution < 1.29 is 18.3 Å². The maximum Gasteiger partial charge on any atom is 0.416 e. The van der Waals surface area contributed by atoms with Gasteiger partial charge in [0.05, 0.1) is 11.7 Å². The minimum Gasteiger partial charge on any atom is -0.393 e. The molecule has 0 aliphatic heterocycles. The third-order valence-corrected chi connectivity index (χ3v) is 4.20. The second kappa shape index (κ2) is 7.09. The molecule has 1 N–H and O–H groups in total. The molecular formula is C16H17F3OS. The fourth-order valence-electron chi connectivity index (χ4n) is 2.22. The Morgan fingerprint density at radius 3 is 2.62 bits per heavy atom. The summed E-state index contributed by atoms with van der Waals surface area (Å²) in [5.41, 5.74) is -0.140. The number of rotatable bonds is 6. The number of halogens is 3. The third kappa shape index (κ3) is 5.17. The molecule has 1 heterocycles. The van der Waals surface area contributed by atoms with Crippen molar-refractivity contribution >= 4 is 11.3 Å². The molecule has 0 fully saturated rings. The molecule has 5 heteroatoms. The monoisotopic (exact) mass is 314 g/mol. The average Bonchev–Trinajstić information content (AvgIpc) is 2.91. The van der Waals surface area contributed by atoms with Gasteiger partial charge in [-0.05, 0) is 48.8 Å². The van der Waals surface area contributed by atoms with Crippen LogP contribution in [0.4, 0.5) is 13.2 Å². The van der Waals surface area contributed by atoms with Gasteiger partial charge in [0.15, 0.2) is 0 Å². The highest BCUT2D eigenvalue weighted by atomic mass is 32.1. The average molecular weight is 314 g/mol. The van der Waals surface area contributed by atoms with E-state index in [0.29, 0.717) is 12.0 Å². The van der Waals surface area contributed by atoms with Gasteiger partial charge < -0.3 is 5.11 Å². The van der Waals surface area contributed by atoms with Crippen LogP contribution in [-0.4, -0.2) is 11.2 Å². The number of aliphatic hydroxyl groups is 1. The zero-order valence-corrected chi connectivity index (χ0v) is 12.3. The molecule has 1 atom stereocenters. The van der Waals surface area contributed by atoms with Crippen LogP contribution < -0.4 is 0 Å². The fraction of sp³-hybridized carbons (Fsp3) is 0.375. The van der Waals surface area contributed by atoms with Crippen molar-refractivity contribution in [1.29, 1.82) is 0 Å². The standard InChI is InChI=1S/C16H17F3OS/c17-16(18,19)13-5-1-4-12(10-13)11-14(20)6-2-7-15-8-3-9-21-15/h1,3-5,8-10,14,20H,2,6-7,11H2. The first-order chi connectivity index (χ1) is 9.95. The molecule has 0 amide bonds. The Morgan fingerprint density at radius 2 is 1.95 bits per heavy atom. The highest BCUT2D eigenvalue weighted by Crippen LogP contribution is 2.29. The van der Waals surface area contributed by atoms with Gasteiger partial charge in [0, 0.05) is 4.88 Å². The fourth-order valence-corrected chi connectivity index (χ4v) is 2.97. The van der Waals surface area contributed by atoms with Gasteiger partial charge in [-0.1, -0.05) is 24.3 Å². The quantitative estimate of drug-likeness (QED) is 0.820. The topological polar surface area (TPSA) is 20.2 Å². The maximum atomic E-state index is 12.6. The van der Waals surface area contributed by atoms with Crippen molar-refractivity contribution in [3.63, 3.8) is 0 Å². The van der Waals surface area contributed by atoms with Crippen LogP contribution in [0.15, 0.2) is 41.8 Å². The molecule has 0 spiro atoms. The van der Waals surface area contributed by atoms with Gasteiger partial charge in [-0.25, -0.2) is 0 Å². The smallest absolute Gasteiger partial charge is 0.393 e. The number of thiophene rings is 1. The SMILES string of the molecule is OC(CCCc1cccs1)Cc1cccc(C(F)(F)F)c1. The minimum absolute atomic E-state index is 0.258. The summed E-state index contributed by atoms with van der Waals surface area (Å²) in [5, 5.41) is 12.0. The summed E-state index contributed by atoms with van der Waals surface area (Å²) in [6, 6.07) is 9.20.